The van der Waals surface area contributed by atoms with E-state index in [1.165, 1.54) is 45.6 Å². The summed E-state index contributed by atoms with van der Waals surface area (Å²) in [5.74, 6) is 1.52. The molecule has 3 heteroatoms. The third kappa shape index (κ3) is 2.76. The summed E-state index contributed by atoms with van der Waals surface area (Å²) in [4.78, 5) is 11.5. The highest BCUT2D eigenvalue weighted by Gasteiger charge is 2.32. The summed E-state index contributed by atoms with van der Waals surface area (Å²) in [5, 5.41) is 3.26. The number of hydrogen-bond donors (Lipinski definition) is 1. The molecule has 0 amide bonds. The van der Waals surface area contributed by atoms with Crippen LogP contribution in [0.2, 0.25) is 0 Å². The second-order valence-corrected chi connectivity index (χ2v) is 5.21. The van der Waals surface area contributed by atoms with Crippen molar-refractivity contribution < 1.29 is 9.53 Å². The maximum Gasteiger partial charge on any atom is 0.322 e. The van der Waals surface area contributed by atoms with Gasteiger partial charge in [-0.2, -0.15) is 0 Å². The van der Waals surface area contributed by atoms with Crippen LogP contribution in [0.3, 0.4) is 0 Å². The molecule has 2 rings (SSSR count). The van der Waals surface area contributed by atoms with E-state index < -0.39 is 0 Å². The molecule has 1 aliphatic heterocycles. The third-order valence-corrected chi connectivity index (χ3v) is 4.25. The van der Waals surface area contributed by atoms with Crippen LogP contribution in [0.4, 0.5) is 0 Å². The molecule has 1 aliphatic carbocycles. The van der Waals surface area contributed by atoms with Crippen LogP contribution in [0.15, 0.2) is 0 Å². The minimum absolute atomic E-state index is 0.0503. The SMILES string of the molecule is COC(=O)C1CC(C2CCCCC2)CCN1. The van der Waals surface area contributed by atoms with Crippen LogP contribution < -0.4 is 5.32 Å². The molecule has 0 aromatic carbocycles. The minimum Gasteiger partial charge on any atom is -0.468 e. The maximum atomic E-state index is 11.5. The average Bonchev–Trinajstić information content (AvgIpc) is 2.39. The lowest BCUT2D eigenvalue weighted by Crippen LogP contribution is -2.45. The van der Waals surface area contributed by atoms with Crippen molar-refractivity contribution in [1.82, 2.24) is 5.32 Å². The Morgan fingerprint density at radius 3 is 2.56 bits per heavy atom. The van der Waals surface area contributed by atoms with Gasteiger partial charge in [-0.3, -0.25) is 4.79 Å². The van der Waals surface area contributed by atoms with Crippen LogP contribution in [0.5, 0.6) is 0 Å². The summed E-state index contributed by atoms with van der Waals surface area (Å²) in [6.07, 6.45) is 9.14. The van der Waals surface area contributed by atoms with Crippen LogP contribution in [-0.4, -0.2) is 25.7 Å². The van der Waals surface area contributed by atoms with Crippen molar-refractivity contribution in [3.8, 4) is 0 Å². The number of nitrogens with one attached hydrogen (secondary N) is 1. The Morgan fingerprint density at radius 1 is 1.12 bits per heavy atom. The second kappa shape index (κ2) is 5.67. The first-order valence-electron chi connectivity index (χ1n) is 6.62. The van der Waals surface area contributed by atoms with Gasteiger partial charge in [-0.05, 0) is 31.2 Å². The van der Waals surface area contributed by atoms with E-state index in [2.05, 4.69) is 5.32 Å². The highest BCUT2D eigenvalue weighted by Crippen LogP contribution is 2.35. The van der Waals surface area contributed by atoms with Crippen LogP contribution in [0.25, 0.3) is 0 Å². The number of piperidine rings is 1. The number of carbonyl (C=O) groups excluding carboxylic acids is 1. The highest BCUT2D eigenvalue weighted by molar-refractivity contribution is 5.75. The zero-order valence-corrected chi connectivity index (χ0v) is 10.2. The topological polar surface area (TPSA) is 38.3 Å². The largest absolute Gasteiger partial charge is 0.468 e. The van der Waals surface area contributed by atoms with E-state index in [0.29, 0.717) is 0 Å². The number of ether oxygens (including phenoxy) is 1. The van der Waals surface area contributed by atoms with E-state index in [1.807, 2.05) is 0 Å². The molecule has 2 unspecified atom stereocenters. The Labute approximate surface area is 97.9 Å². The molecule has 92 valence electrons. The van der Waals surface area contributed by atoms with Gasteiger partial charge in [0.05, 0.1) is 7.11 Å². The van der Waals surface area contributed by atoms with E-state index in [-0.39, 0.29) is 12.0 Å². The molecule has 0 aromatic heterocycles. The second-order valence-electron chi connectivity index (χ2n) is 5.21. The summed E-state index contributed by atoms with van der Waals surface area (Å²) in [5.41, 5.74) is 0. The van der Waals surface area contributed by atoms with Gasteiger partial charge in [0.2, 0.25) is 0 Å². The molecule has 2 atom stereocenters. The monoisotopic (exact) mass is 225 g/mol. The van der Waals surface area contributed by atoms with Crippen LogP contribution in [0.1, 0.15) is 44.9 Å². The number of rotatable bonds is 2. The maximum absolute atomic E-state index is 11.5. The molecule has 2 fully saturated rings. The van der Waals surface area contributed by atoms with Gasteiger partial charge in [-0.25, -0.2) is 0 Å². The molecular formula is C13H23NO2. The predicted octanol–water partition coefficient (Wildman–Crippen LogP) is 2.11. The Bertz CT molecular complexity index is 236. The van der Waals surface area contributed by atoms with Gasteiger partial charge in [0.25, 0.3) is 0 Å². The lowest BCUT2D eigenvalue weighted by atomic mass is 9.74. The standard InChI is InChI=1S/C13H23NO2/c1-16-13(15)12-9-11(7-8-14-12)10-5-3-2-4-6-10/h10-12,14H,2-9H2,1H3. The van der Waals surface area contributed by atoms with Crippen molar-refractivity contribution in [1.29, 1.82) is 0 Å². The van der Waals surface area contributed by atoms with E-state index >= 15 is 0 Å². The van der Waals surface area contributed by atoms with Crippen LogP contribution >= 0.6 is 0 Å². The fraction of sp³-hybridized carbons (Fsp3) is 0.923. The molecule has 1 saturated carbocycles. The Hall–Kier alpha value is -0.570. The van der Waals surface area contributed by atoms with E-state index in [9.17, 15) is 4.79 Å². The molecule has 1 saturated heterocycles. The summed E-state index contributed by atoms with van der Waals surface area (Å²) in [6.45, 7) is 0.973. The van der Waals surface area contributed by atoms with E-state index in [0.717, 1.165) is 24.8 Å². The molecule has 0 aromatic rings. The lowest BCUT2D eigenvalue weighted by molar-refractivity contribution is -0.144. The van der Waals surface area contributed by atoms with Gasteiger partial charge < -0.3 is 10.1 Å². The predicted molar refractivity (Wildman–Crippen MR) is 63.1 cm³/mol. The summed E-state index contributed by atoms with van der Waals surface area (Å²) in [7, 11) is 1.48. The first-order valence-corrected chi connectivity index (χ1v) is 6.62. The molecule has 2 aliphatic rings. The molecule has 16 heavy (non-hydrogen) atoms. The van der Waals surface area contributed by atoms with Gasteiger partial charge in [0, 0.05) is 0 Å². The molecule has 0 spiro atoms. The number of methoxy groups -OCH3 is 1. The van der Waals surface area contributed by atoms with Gasteiger partial charge in [0.15, 0.2) is 0 Å². The van der Waals surface area contributed by atoms with Gasteiger partial charge in [-0.15, -0.1) is 0 Å². The highest BCUT2D eigenvalue weighted by atomic mass is 16.5. The first-order chi connectivity index (χ1) is 7.81. The molecule has 0 radical (unpaired) electrons. The molecule has 1 N–H and O–H groups in total. The average molecular weight is 225 g/mol. The van der Waals surface area contributed by atoms with Crippen molar-refractivity contribution in [3.05, 3.63) is 0 Å². The zero-order chi connectivity index (χ0) is 11.4. The normalized spacial score (nSPS) is 32.3. The quantitative estimate of drug-likeness (QED) is 0.731. The smallest absolute Gasteiger partial charge is 0.322 e. The fourth-order valence-electron chi connectivity index (χ4n) is 3.30. The number of esters is 1. The minimum atomic E-state index is -0.0829. The Morgan fingerprint density at radius 2 is 1.88 bits per heavy atom. The van der Waals surface area contributed by atoms with Crippen molar-refractivity contribution in [2.45, 2.75) is 51.0 Å². The van der Waals surface area contributed by atoms with Crippen molar-refractivity contribution in [2.24, 2.45) is 11.8 Å². The van der Waals surface area contributed by atoms with Crippen LogP contribution in [0, 0.1) is 11.8 Å². The number of carbonyl (C=O) groups is 1. The third-order valence-electron chi connectivity index (χ3n) is 4.25. The summed E-state index contributed by atoms with van der Waals surface area (Å²) >= 11 is 0. The zero-order valence-electron chi connectivity index (χ0n) is 10.2. The molecule has 3 nitrogen and oxygen atoms in total. The van der Waals surface area contributed by atoms with Crippen molar-refractivity contribution in [2.75, 3.05) is 13.7 Å². The van der Waals surface area contributed by atoms with Gasteiger partial charge in [0.1, 0.15) is 6.04 Å². The van der Waals surface area contributed by atoms with E-state index in [1.54, 1.807) is 0 Å². The van der Waals surface area contributed by atoms with Crippen molar-refractivity contribution >= 4 is 5.97 Å². The molecule has 1 heterocycles. The molecular weight excluding hydrogens is 202 g/mol. The Kier molecular flexibility index (Phi) is 4.22. The van der Waals surface area contributed by atoms with Crippen LogP contribution in [-0.2, 0) is 9.53 Å². The summed E-state index contributed by atoms with van der Waals surface area (Å²) < 4.78 is 4.82. The van der Waals surface area contributed by atoms with Gasteiger partial charge in [-0.1, -0.05) is 32.1 Å². The summed E-state index contributed by atoms with van der Waals surface area (Å²) in [6, 6.07) is -0.0503. The fourth-order valence-corrected chi connectivity index (χ4v) is 3.30. The lowest BCUT2D eigenvalue weighted by Gasteiger charge is -2.36. The van der Waals surface area contributed by atoms with E-state index in [4.69, 9.17) is 4.74 Å². The van der Waals surface area contributed by atoms with Gasteiger partial charge >= 0.3 is 5.97 Å². The molecule has 0 bridgehead atoms. The number of hydrogen-bond acceptors (Lipinski definition) is 3. The van der Waals surface area contributed by atoms with Crippen molar-refractivity contribution in [3.63, 3.8) is 0 Å². The Balaban J connectivity index is 1.87. The first kappa shape index (κ1) is 11.9.